The van der Waals surface area contributed by atoms with Gasteiger partial charge in [-0.25, -0.2) is 8.78 Å². The summed E-state index contributed by atoms with van der Waals surface area (Å²) in [5.74, 6) is -1.33. The molecule has 3 aromatic carbocycles. The first-order valence-electron chi connectivity index (χ1n) is 12.7. The number of benzene rings is 3. The van der Waals surface area contributed by atoms with Crippen molar-refractivity contribution in [3.05, 3.63) is 75.5 Å². The number of hydrogen-bond donors (Lipinski definition) is 2. The van der Waals surface area contributed by atoms with Gasteiger partial charge >= 0.3 is 0 Å². The van der Waals surface area contributed by atoms with Crippen LogP contribution in [0, 0.1) is 12.7 Å². The Kier molecular flexibility index (Phi) is 7.98. The molecule has 2 heterocycles. The minimum atomic E-state index is -0.734. The van der Waals surface area contributed by atoms with Crippen molar-refractivity contribution < 1.29 is 13.6 Å². The topological polar surface area (TPSA) is 84.1 Å². The lowest BCUT2D eigenvalue weighted by molar-refractivity contribution is 0.1000. The van der Waals surface area contributed by atoms with Gasteiger partial charge in [0.1, 0.15) is 18.2 Å². The number of piperidine rings is 1. The highest BCUT2D eigenvalue weighted by Gasteiger charge is 2.25. The fourth-order valence-electron chi connectivity index (χ4n) is 5.18. The molecule has 4 aromatic rings. The summed E-state index contributed by atoms with van der Waals surface area (Å²) >= 11 is 13.1. The lowest BCUT2D eigenvalue weighted by atomic mass is 9.97. The van der Waals surface area contributed by atoms with Crippen LogP contribution in [0.25, 0.3) is 33.3 Å². The van der Waals surface area contributed by atoms with Crippen molar-refractivity contribution in [3.63, 3.8) is 0 Å². The fraction of sp³-hybridized carbons (Fsp3) is 0.276. The molecule has 0 spiro atoms. The van der Waals surface area contributed by atoms with Crippen LogP contribution in [0.3, 0.4) is 0 Å². The number of nitrogens with zero attached hydrogens (tertiary/aromatic N) is 3. The number of nitrogens with one attached hydrogen (secondary N) is 1. The van der Waals surface area contributed by atoms with Gasteiger partial charge < -0.3 is 16.0 Å². The van der Waals surface area contributed by atoms with E-state index in [0.717, 1.165) is 41.1 Å². The number of halogens is 4. The molecular formula is C29H27Cl2F2N5O. The van der Waals surface area contributed by atoms with Crippen molar-refractivity contribution in [3.8, 4) is 22.4 Å². The Bertz CT molecular complexity index is 1540. The fourth-order valence-corrected chi connectivity index (χ4v) is 5.73. The number of carbonyl (C=O) groups excluding carboxylic acids is 1. The summed E-state index contributed by atoms with van der Waals surface area (Å²) in [5, 5.41) is 14.0. The number of alkyl halides is 1. The SMILES string of the molecule is Cc1cc(Cl)cc(-c2nnc3cc(Cl)c(-c4cc(F)cc(C(N)=O)c4)cc3c2N2CCC(NCCF)CC2)c1. The van der Waals surface area contributed by atoms with Gasteiger partial charge in [0.2, 0.25) is 5.91 Å². The number of fused-ring (bicyclic) bond motifs is 1. The van der Waals surface area contributed by atoms with Crippen LogP contribution in [0.5, 0.6) is 0 Å². The molecule has 0 unspecified atom stereocenters. The highest BCUT2D eigenvalue weighted by molar-refractivity contribution is 6.34. The molecule has 1 saturated heterocycles. The maximum absolute atomic E-state index is 14.5. The molecule has 39 heavy (non-hydrogen) atoms. The van der Waals surface area contributed by atoms with Crippen molar-refractivity contribution >= 4 is 45.7 Å². The summed E-state index contributed by atoms with van der Waals surface area (Å²) in [5.41, 5.74) is 10.3. The Balaban J connectivity index is 1.70. The molecule has 202 valence electrons. The zero-order valence-corrected chi connectivity index (χ0v) is 22.8. The predicted molar refractivity (Wildman–Crippen MR) is 153 cm³/mol. The second-order valence-electron chi connectivity index (χ2n) is 9.76. The molecule has 0 radical (unpaired) electrons. The molecular weight excluding hydrogens is 543 g/mol. The number of nitrogens with two attached hydrogens (primary N) is 1. The van der Waals surface area contributed by atoms with Crippen LogP contribution in [0.15, 0.2) is 48.5 Å². The van der Waals surface area contributed by atoms with Gasteiger partial charge in [-0.15, -0.1) is 10.2 Å². The van der Waals surface area contributed by atoms with E-state index in [-0.39, 0.29) is 11.6 Å². The monoisotopic (exact) mass is 569 g/mol. The molecule has 10 heteroatoms. The molecule has 1 amide bonds. The molecule has 0 atom stereocenters. The molecule has 1 aromatic heterocycles. The van der Waals surface area contributed by atoms with Gasteiger partial charge in [0.05, 0.1) is 16.2 Å². The second kappa shape index (κ2) is 11.4. The predicted octanol–water partition coefficient (Wildman–Crippen LogP) is 6.34. The zero-order chi connectivity index (χ0) is 27.7. The van der Waals surface area contributed by atoms with E-state index >= 15 is 0 Å². The van der Waals surface area contributed by atoms with Crippen molar-refractivity contribution in [2.24, 2.45) is 5.73 Å². The van der Waals surface area contributed by atoms with Crippen LogP contribution >= 0.6 is 23.2 Å². The Hall–Kier alpha value is -3.33. The van der Waals surface area contributed by atoms with Gasteiger partial charge in [0.15, 0.2) is 0 Å². The summed E-state index contributed by atoms with van der Waals surface area (Å²) < 4.78 is 27.2. The van der Waals surface area contributed by atoms with E-state index in [4.69, 9.17) is 28.9 Å². The number of hydrogen-bond acceptors (Lipinski definition) is 5. The molecule has 0 aliphatic carbocycles. The van der Waals surface area contributed by atoms with Crippen LogP contribution < -0.4 is 16.0 Å². The Morgan fingerprint density at radius 2 is 1.82 bits per heavy atom. The summed E-state index contributed by atoms with van der Waals surface area (Å²) in [6.45, 7) is 3.31. The van der Waals surface area contributed by atoms with E-state index in [1.165, 1.54) is 12.1 Å². The number of aryl methyl sites for hydroxylation is 1. The van der Waals surface area contributed by atoms with Crippen molar-refractivity contribution in [2.45, 2.75) is 25.8 Å². The van der Waals surface area contributed by atoms with Crippen LogP contribution in [0.1, 0.15) is 28.8 Å². The molecule has 3 N–H and O–H groups in total. The van der Waals surface area contributed by atoms with Gasteiger partial charge in [-0.05, 0) is 79.4 Å². The van der Waals surface area contributed by atoms with Crippen molar-refractivity contribution in [2.75, 3.05) is 31.2 Å². The zero-order valence-electron chi connectivity index (χ0n) is 21.3. The van der Waals surface area contributed by atoms with Crippen LogP contribution in [-0.2, 0) is 0 Å². The first kappa shape index (κ1) is 27.2. The molecule has 0 saturated carbocycles. The molecule has 5 rings (SSSR count). The van der Waals surface area contributed by atoms with Crippen molar-refractivity contribution in [1.82, 2.24) is 15.5 Å². The molecule has 1 aliphatic rings. The van der Waals surface area contributed by atoms with Gasteiger partial charge in [0.25, 0.3) is 0 Å². The van der Waals surface area contributed by atoms with Gasteiger partial charge in [0, 0.05) is 52.8 Å². The Morgan fingerprint density at radius 3 is 2.51 bits per heavy atom. The lowest BCUT2D eigenvalue weighted by Gasteiger charge is -2.35. The number of rotatable bonds is 7. The minimum Gasteiger partial charge on any atom is -0.369 e. The molecule has 6 nitrogen and oxygen atoms in total. The maximum atomic E-state index is 14.5. The summed E-state index contributed by atoms with van der Waals surface area (Å²) in [6.07, 6.45) is 1.65. The van der Waals surface area contributed by atoms with E-state index < -0.39 is 18.4 Å². The van der Waals surface area contributed by atoms with Crippen molar-refractivity contribution in [1.29, 1.82) is 0 Å². The van der Waals surface area contributed by atoms with E-state index in [2.05, 4.69) is 20.4 Å². The number of primary amides is 1. The van der Waals surface area contributed by atoms with Gasteiger partial charge in [-0.3, -0.25) is 4.79 Å². The molecule has 1 fully saturated rings. The third-order valence-electron chi connectivity index (χ3n) is 6.97. The summed E-state index contributed by atoms with van der Waals surface area (Å²) in [4.78, 5) is 14.0. The van der Waals surface area contributed by atoms with Gasteiger partial charge in [-0.1, -0.05) is 23.2 Å². The number of aromatic nitrogens is 2. The van der Waals surface area contributed by atoms with Crippen LogP contribution in [-0.4, -0.2) is 48.5 Å². The number of amides is 1. The quantitative estimate of drug-likeness (QED) is 0.271. The van der Waals surface area contributed by atoms with Crippen LogP contribution in [0.2, 0.25) is 10.0 Å². The lowest BCUT2D eigenvalue weighted by Crippen LogP contribution is -2.43. The van der Waals surface area contributed by atoms with E-state index in [1.807, 2.05) is 31.2 Å². The molecule has 1 aliphatic heterocycles. The van der Waals surface area contributed by atoms with Crippen LogP contribution in [0.4, 0.5) is 14.5 Å². The van der Waals surface area contributed by atoms with E-state index in [1.54, 1.807) is 6.07 Å². The first-order chi connectivity index (χ1) is 18.7. The van der Waals surface area contributed by atoms with Gasteiger partial charge in [-0.2, -0.15) is 0 Å². The standard InChI is InChI=1S/C29H27Cl2F2N5O/c1-16-8-18(11-20(30)9-16)27-28(38-6-2-22(3-7-38)35-5-4-32)24-14-23(25(31)15-26(24)36-37-27)17-10-19(29(34)39)13-21(33)12-17/h8-15,22,35H,2-7H2,1H3,(H2,34,39). The molecule has 0 bridgehead atoms. The normalized spacial score (nSPS) is 14.2. The third kappa shape index (κ3) is 5.83. The maximum Gasteiger partial charge on any atom is 0.248 e. The van der Waals surface area contributed by atoms with E-state index in [9.17, 15) is 13.6 Å². The number of carbonyl (C=O) groups is 1. The average molecular weight is 570 g/mol. The minimum absolute atomic E-state index is 0.0483. The number of anilines is 1. The highest BCUT2D eigenvalue weighted by Crippen LogP contribution is 2.41. The Morgan fingerprint density at radius 1 is 1.05 bits per heavy atom. The summed E-state index contributed by atoms with van der Waals surface area (Å²) in [7, 11) is 0. The first-order valence-corrected chi connectivity index (χ1v) is 13.4. The average Bonchev–Trinajstić information content (AvgIpc) is 2.90. The third-order valence-corrected chi connectivity index (χ3v) is 7.50. The van der Waals surface area contributed by atoms with E-state index in [0.29, 0.717) is 52.0 Å². The highest BCUT2D eigenvalue weighted by atomic mass is 35.5. The largest absolute Gasteiger partial charge is 0.369 e. The second-order valence-corrected chi connectivity index (χ2v) is 10.6. The summed E-state index contributed by atoms with van der Waals surface area (Å²) in [6, 6.07) is 13.4. The smallest absolute Gasteiger partial charge is 0.248 e. The Labute approximate surface area is 235 Å².